The molecule has 0 heterocycles. The molecule has 0 amide bonds. The average molecular weight is 198 g/mol. The van der Waals surface area contributed by atoms with Crippen molar-refractivity contribution in [3.8, 4) is 0 Å². The SMILES string of the molecule is CCCC[C@@](C)(C(=O)O)C(F)(F)F. The first-order valence-corrected chi connectivity index (χ1v) is 4.06. The van der Waals surface area contributed by atoms with Crippen LogP contribution >= 0.6 is 0 Å². The molecule has 0 saturated heterocycles. The molecule has 0 radical (unpaired) electrons. The maximum atomic E-state index is 12.3. The first kappa shape index (κ1) is 12.3. The van der Waals surface area contributed by atoms with Crippen LogP contribution in [0.1, 0.15) is 33.1 Å². The second kappa shape index (κ2) is 3.98. The molecule has 5 heteroatoms. The van der Waals surface area contributed by atoms with Gasteiger partial charge in [-0.25, -0.2) is 0 Å². The Balaban J connectivity index is 4.64. The van der Waals surface area contributed by atoms with Crippen molar-refractivity contribution in [1.29, 1.82) is 0 Å². The lowest BCUT2D eigenvalue weighted by Crippen LogP contribution is -2.42. The van der Waals surface area contributed by atoms with Crippen molar-refractivity contribution < 1.29 is 23.1 Å². The maximum Gasteiger partial charge on any atom is 0.404 e. The van der Waals surface area contributed by atoms with Gasteiger partial charge in [0.1, 0.15) is 0 Å². The molecule has 1 atom stereocenters. The molecule has 0 aromatic rings. The van der Waals surface area contributed by atoms with E-state index in [1.807, 2.05) is 0 Å². The molecule has 78 valence electrons. The topological polar surface area (TPSA) is 37.3 Å². The summed E-state index contributed by atoms with van der Waals surface area (Å²) in [6.07, 6.45) is -4.21. The summed E-state index contributed by atoms with van der Waals surface area (Å²) < 4.78 is 36.9. The molecule has 13 heavy (non-hydrogen) atoms. The molecular weight excluding hydrogens is 185 g/mol. The van der Waals surface area contributed by atoms with Gasteiger partial charge in [0.2, 0.25) is 0 Å². The van der Waals surface area contributed by atoms with Gasteiger partial charge in [-0.2, -0.15) is 13.2 Å². The highest BCUT2D eigenvalue weighted by Crippen LogP contribution is 2.42. The number of hydrogen-bond acceptors (Lipinski definition) is 1. The molecule has 0 aromatic heterocycles. The summed E-state index contributed by atoms with van der Waals surface area (Å²) in [5, 5.41) is 8.47. The van der Waals surface area contributed by atoms with Crippen LogP contribution in [0, 0.1) is 5.41 Å². The summed E-state index contributed by atoms with van der Waals surface area (Å²) in [5.74, 6) is -1.80. The molecular formula is C8H13F3O2. The van der Waals surface area contributed by atoms with Crippen molar-refractivity contribution in [3.05, 3.63) is 0 Å². The van der Waals surface area contributed by atoms with Crippen molar-refractivity contribution in [3.63, 3.8) is 0 Å². The lowest BCUT2D eigenvalue weighted by molar-refractivity contribution is -0.228. The molecule has 0 unspecified atom stereocenters. The lowest BCUT2D eigenvalue weighted by atomic mass is 9.84. The minimum atomic E-state index is -4.67. The smallest absolute Gasteiger partial charge is 0.404 e. The number of alkyl halides is 3. The fraction of sp³-hybridized carbons (Fsp3) is 0.875. The third-order valence-corrected chi connectivity index (χ3v) is 2.13. The van der Waals surface area contributed by atoms with Crippen LogP contribution in [0.25, 0.3) is 0 Å². The molecule has 0 rings (SSSR count). The van der Waals surface area contributed by atoms with Crippen LogP contribution < -0.4 is 0 Å². The predicted molar refractivity (Wildman–Crippen MR) is 41.3 cm³/mol. The van der Waals surface area contributed by atoms with Crippen molar-refractivity contribution in [1.82, 2.24) is 0 Å². The second-order valence-electron chi connectivity index (χ2n) is 3.24. The molecule has 1 N–H and O–H groups in total. The van der Waals surface area contributed by atoms with Crippen LogP contribution in [0.5, 0.6) is 0 Å². The van der Waals surface area contributed by atoms with Gasteiger partial charge < -0.3 is 5.11 Å². The van der Waals surface area contributed by atoms with Gasteiger partial charge >= 0.3 is 12.1 Å². The van der Waals surface area contributed by atoms with Crippen LogP contribution in [-0.4, -0.2) is 17.3 Å². The van der Waals surface area contributed by atoms with E-state index in [4.69, 9.17) is 5.11 Å². The van der Waals surface area contributed by atoms with E-state index in [1.54, 1.807) is 6.92 Å². The first-order chi connectivity index (χ1) is 5.75. The van der Waals surface area contributed by atoms with E-state index in [-0.39, 0.29) is 12.8 Å². The van der Waals surface area contributed by atoms with Crippen LogP contribution in [0.3, 0.4) is 0 Å². The molecule has 2 nitrogen and oxygen atoms in total. The largest absolute Gasteiger partial charge is 0.481 e. The zero-order valence-corrected chi connectivity index (χ0v) is 7.61. The fourth-order valence-corrected chi connectivity index (χ4v) is 0.900. The van der Waals surface area contributed by atoms with Crippen molar-refractivity contribution >= 4 is 5.97 Å². The Labute approximate surface area is 74.7 Å². The summed E-state index contributed by atoms with van der Waals surface area (Å²) in [7, 11) is 0. The van der Waals surface area contributed by atoms with E-state index in [2.05, 4.69) is 0 Å². The zero-order valence-electron chi connectivity index (χ0n) is 7.61. The van der Waals surface area contributed by atoms with Gasteiger partial charge in [0, 0.05) is 0 Å². The van der Waals surface area contributed by atoms with Crippen LogP contribution in [0.4, 0.5) is 13.2 Å². The summed E-state index contributed by atoms with van der Waals surface area (Å²) in [6, 6.07) is 0. The highest BCUT2D eigenvalue weighted by Gasteiger charge is 2.56. The van der Waals surface area contributed by atoms with Gasteiger partial charge in [0.15, 0.2) is 5.41 Å². The number of unbranched alkanes of at least 4 members (excludes halogenated alkanes) is 1. The number of carbonyl (C=O) groups is 1. The second-order valence-corrected chi connectivity index (χ2v) is 3.24. The molecule has 0 spiro atoms. The first-order valence-electron chi connectivity index (χ1n) is 4.06. The monoisotopic (exact) mass is 198 g/mol. The van der Waals surface area contributed by atoms with Gasteiger partial charge in [-0.15, -0.1) is 0 Å². The fourth-order valence-electron chi connectivity index (χ4n) is 0.900. The maximum absolute atomic E-state index is 12.3. The van der Waals surface area contributed by atoms with E-state index in [0.717, 1.165) is 6.92 Å². The van der Waals surface area contributed by atoms with E-state index >= 15 is 0 Å². The Kier molecular flexibility index (Phi) is 3.75. The summed E-state index contributed by atoms with van der Waals surface area (Å²) in [6.45, 7) is 2.45. The highest BCUT2D eigenvalue weighted by atomic mass is 19.4. The Morgan fingerprint density at radius 3 is 2.08 bits per heavy atom. The van der Waals surface area contributed by atoms with Gasteiger partial charge in [-0.05, 0) is 13.3 Å². The number of hydrogen-bond donors (Lipinski definition) is 1. The Morgan fingerprint density at radius 2 is 1.85 bits per heavy atom. The number of carboxylic acids is 1. The van der Waals surface area contributed by atoms with Gasteiger partial charge in [0.05, 0.1) is 0 Å². The molecule has 0 aliphatic rings. The molecule has 0 aliphatic heterocycles. The summed E-state index contributed by atoms with van der Waals surface area (Å²) in [5.41, 5.74) is -2.59. The highest BCUT2D eigenvalue weighted by molar-refractivity contribution is 5.75. The molecule has 0 saturated carbocycles. The molecule has 0 aromatic carbocycles. The van der Waals surface area contributed by atoms with Crippen LogP contribution in [0.2, 0.25) is 0 Å². The van der Waals surface area contributed by atoms with Gasteiger partial charge in [-0.1, -0.05) is 19.8 Å². The average Bonchev–Trinajstić information content (AvgIpc) is 1.97. The van der Waals surface area contributed by atoms with Crippen molar-refractivity contribution in [2.75, 3.05) is 0 Å². The number of halogens is 3. The third-order valence-electron chi connectivity index (χ3n) is 2.13. The van der Waals surface area contributed by atoms with E-state index in [9.17, 15) is 18.0 Å². The van der Waals surface area contributed by atoms with Gasteiger partial charge in [0.25, 0.3) is 0 Å². The van der Waals surface area contributed by atoms with E-state index in [0.29, 0.717) is 6.42 Å². The van der Waals surface area contributed by atoms with Gasteiger partial charge in [-0.3, -0.25) is 4.79 Å². The lowest BCUT2D eigenvalue weighted by Gasteiger charge is -2.27. The number of rotatable bonds is 4. The number of carboxylic acid groups (broad SMARTS) is 1. The zero-order chi connectivity index (χ0) is 10.7. The van der Waals surface area contributed by atoms with Crippen molar-refractivity contribution in [2.45, 2.75) is 39.3 Å². The minimum absolute atomic E-state index is 0.266. The molecule has 0 fully saturated rings. The minimum Gasteiger partial charge on any atom is -0.481 e. The van der Waals surface area contributed by atoms with E-state index in [1.165, 1.54) is 0 Å². The number of aliphatic carboxylic acids is 1. The Morgan fingerprint density at radius 1 is 1.38 bits per heavy atom. The Hall–Kier alpha value is -0.740. The Bertz CT molecular complexity index is 188. The quantitative estimate of drug-likeness (QED) is 0.754. The molecule has 0 bridgehead atoms. The summed E-state index contributed by atoms with van der Waals surface area (Å²) >= 11 is 0. The normalized spacial score (nSPS) is 16.7. The predicted octanol–water partition coefficient (Wildman–Crippen LogP) is 2.83. The standard InChI is InChI=1S/C8H13F3O2/c1-3-4-5-7(2,6(12)13)8(9,10)11/h3-5H2,1-2H3,(H,12,13)/t7-/m0/s1. The van der Waals surface area contributed by atoms with Crippen LogP contribution in [0.15, 0.2) is 0 Å². The van der Waals surface area contributed by atoms with Crippen LogP contribution in [-0.2, 0) is 4.79 Å². The summed E-state index contributed by atoms with van der Waals surface area (Å²) in [4.78, 5) is 10.5. The van der Waals surface area contributed by atoms with Crippen molar-refractivity contribution in [2.24, 2.45) is 5.41 Å². The third kappa shape index (κ3) is 2.60. The van der Waals surface area contributed by atoms with E-state index < -0.39 is 17.6 Å². The molecule has 0 aliphatic carbocycles.